The van der Waals surface area contributed by atoms with Crippen LogP contribution < -0.4 is 5.32 Å². The fourth-order valence-electron chi connectivity index (χ4n) is 2.15. The minimum Gasteiger partial charge on any atom is -0.463 e. The first-order chi connectivity index (χ1) is 12.0. The lowest BCUT2D eigenvalue weighted by atomic mass is 10.3. The van der Waals surface area contributed by atoms with Crippen LogP contribution in [0.15, 0.2) is 40.3 Å². The van der Waals surface area contributed by atoms with Crippen molar-refractivity contribution in [1.29, 1.82) is 0 Å². The first kappa shape index (κ1) is 19.4. The number of nitrogens with zero attached hydrogens (tertiary/aromatic N) is 1. The van der Waals surface area contributed by atoms with Crippen molar-refractivity contribution in [2.45, 2.75) is 18.7 Å². The second-order valence-corrected chi connectivity index (χ2v) is 7.29. The standard InChI is InChI=1S/C17H20N2O4S2/c1-3-23-17(22)10-16-19(15(21)11-25-16)8-9-24-14-6-4-13(5-7-14)18-12(2)20/h4-7,10H,3,8-9,11H2,1-2H3,(H,18,20)/b16-10-. The van der Waals surface area contributed by atoms with Crippen LogP contribution >= 0.6 is 23.5 Å². The fraction of sp³-hybridized carbons (Fsp3) is 0.353. The zero-order chi connectivity index (χ0) is 18.2. The first-order valence-electron chi connectivity index (χ1n) is 7.81. The van der Waals surface area contributed by atoms with Gasteiger partial charge in [0.05, 0.1) is 23.5 Å². The van der Waals surface area contributed by atoms with Gasteiger partial charge in [-0.05, 0) is 31.2 Å². The lowest BCUT2D eigenvalue weighted by Gasteiger charge is -2.16. The molecule has 8 heteroatoms. The van der Waals surface area contributed by atoms with Crippen LogP contribution in [-0.4, -0.2) is 47.3 Å². The Balaban J connectivity index is 1.87. The molecule has 2 amide bonds. The van der Waals surface area contributed by atoms with E-state index in [0.717, 1.165) is 10.6 Å². The molecule has 134 valence electrons. The van der Waals surface area contributed by atoms with Gasteiger partial charge in [0.25, 0.3) is 0 Å². The van der Waals surface area contributed by atoms with Crippen molar-refractivity contribution in [3.05, 3.63) is 35.4 Å². The number of carbonyl (C=O) groups is 3. The molecule has 0 aliphatic carbocycles. The van der Waals surface area contributed by atoms with Crippen molar-refractivity contribution in [3.8, 4) is 0 Å². The van der Waals surface area contributed by atoms with Gasteiger partial charge in [-0.2, -0.15) is 0 Å². The lowest BCUT2D eigenvalue weighted by molar-refractivity contribution is -0.137. The van der Waals surface area contributed by atoms with E-state index in [0.29, 0.717) is 29.7 Å². The summed E-state index contributed by atoms with van der Waals surface area (Å²) in [6.07, 6.45) is 1.38. The predicted molar refractivity (Wildman–Crippen MR) is 100 cm³/mol. The first-order valence-corrected chi connectivity index (χ1v) is 9.78. The Morgan fingerprint density at radius 1 is 1.36 bits per heavy atom. The summed E-state index contributed by atoms with van der Waals surface area (Å²) in [7, 11) is 0. The van der Waals surface area contributed by atoms with E-state index in [1.807, 2.05) is 24.3 Å². The number of carbonyl (C=O) groups excluding carboxylic acids is 3. The summed E-state index contributed by atoms with van der Waals surface area (Å²) in [5.74, 6) is 0.521. The molecule has 1 saturated heterocycles. The van der Waals surface area contributed by atoms with E-state index in [4.69, 9.17) is 4.74 Å². The number of hydrogen-bond donors (Lipinski definition) is 1. The highest BCUT2D eigenvalue weighted by Crippen LogP contribution is 2.30. The van der Waals surface area contributed by atoms with Crippen molar-refractivity contribution < 1.29 is 19.1 Å². The van der Waals surface area contributed by atoms with E-state index in [-0.39, 0.29) is 11.8 Å². The summed E-state index contributed by atoms with van der Waals surface area (Å²) >= 11 is 2.96. The molecule has 0 bridgehead atoms. The van der Waals surface area contributed by atoms with Gasteiger partial charge in [0, 0.05) is 29.8 Å². The maximum absolute atomic E-state index is 12.0. The van der Waals surface area contributed by atoms with Crippen LogP contribution in [0.5, 0.6) is 0 Å². The Bertz CT molecular complexity index is 674. The monoisotopic (exact) mass is 380 g/mol. The van der Waals surface area contributed by atoms with Gasteiger partial charge >= 0.3 is 5.97 Å². The summed E-state index contributed by atoms with van der Waals surface area (Å²) in [5, 5.41) is 3.36. The highest BCUT2D eigenvalue weighted by molar-refractivity contribution is 8.04. The summed E-state index contributed by atoms with van der Waals surface area (Å²) in [4.78, 5) is 37.2. The third kappa shape index (κ3) is 6.13. The van der Waals surface area contributed by atoms with Gasteiger partial charge in [-0.15, -0.1) is 11.8 Å². The molecule has 0 saturated carbocycles. The molecule has 0 radical (unpaired) electrons. The Kier molecular flexibility index (Phi) is 7.39. The van der Waals surface area contributed by atoms with Crippen LogP contribution in [0.1, 0.15) is 13.8 Å². The minimum atomic E-state index is -0.425. The second kappa shape index (κ2) is 9.53. The maximum atomic E-state index is 12.0. The van der Waals surface area contributed by atoms with Crippen molar-refractivity contribution in [2.75, 3.05) is 30.0 Å². The van der Waals surface area contributed by atoms with E-state index in [1.165, 1.54) is 24.8 Å². The van der Waals surface area contributed by atoms with Crippen molar-refractivity contribution in [3.63, 3.8) is 0 Å². The molecular weight excluding hydrogens is 360 g/mol. The van der Waals surface area contributed by atoms with Crippen LogP contribution in [0.25, 0.3) is 0 Å². The zero-order valence-electron chi connectivity index (χ0n) is 14.1. The Morgan fingerprint density at radius 3 is 2.72 bits per heavy atom. The highest BCUT2D eigenvalue weighted by atomic mass is 32.2. The summed E-state index contributed by atoms with van der Waals surface area (Å²) < 4.78 is 4.90. The number of nitrogens with one attached hydrogen (secondary N) is 1. The van der Waals surface area contributed by atoms with E-state index >= 15 is 0 Å². The van der Waals surface area contributed by atoms with Gasteiger partial charge in [0.1, 0.15) is 0 Å². The number of benzene rings is 1. The molecule has 1 aromatic rings. The van der Waals surface area contributed by atoms with Gasteiger partial charge in [0.15, 0.2) is 0 Å². The molecule has 1 aliphatic rings. The largest absolute Gasteiger partial charge is 0.463 e. The Labute approximate surface area is 155 Å². The van der Waals surface area contributed by atoms with Gasteiger partial charge < -0.3 is 15.0 Å². The number of thioether (sulfide) groups is 2. The fourth-order valence-corrected chi connectivity index (χ4v) is 3.94. The molecule has 2 rings (SSSR count). The molecule has 1 N–H and O–H groups in total. The normalized spacial score (nSPS) is 15.5. The molecular formula is C17H20N2O4S2. The van der Waals surface area contributed by atoms with Gasteiger partial charge in [-0.1, -0.05) is 11.8 Å². The van der Waals surface area contributed by atoms with Gasteiger partial charge in [0.2, 0.25) is 11.8 Å². The average molecular weight is 380 g/mol. The Morgan fingerprint density at radius 2 is 2.08 bits per heavy atom. The van der Waals surface area contributed by atoms with E-state index in [2.05, 4.69) is 5.32 Å². The SMILES string of the molecule is CCOC(=O)/C=C1\SCC(=O)N1CCSc1ccc(NC(C)=O)cc1. The van der Waals surface area contributed by atoms with Crippen molar-refractivity contribution in [1.82, 2.24) is 4.90 Å². The molecule has 0 aromatic heterocycles. The number of esters is 1. The molecule has 0 atom stereocenters. The van der Waals surface area contributed by atoms with Gasteiger partial charge in [-0.3, -0.25) is 9.59 Å². The number of hydrogen-bond acceptors (Lipinski definition) is 6. The van der Waals surface area contributed by atoms with Gasteiger partial charge in [-0.25, -0.2) is 4.79 Å². The third-order valence-electron chi connectivity index (χ3n) is 3.20. The molecule has 0 spiro atoms. The smallest absolute Gasteiger partial charge is 0.333 e. The topological polar surface area (TPSA) is 75.7 Å². The van der Waals surface area contributed by atoms with E-state index < -0.39 is 5.97 Å². The summed E-state index contributed by atoms with van der Waals surface area (Å²) in [6.45, 7) is 4.05. The van der Waals surface area contributed by atoms with Crippen LogP contribution in [0, 0.1) is 0 Å². The van der Waals surface area contributed by atoms with Crippen LogP contribution in [0.4, 0.5) is 5.69 Å². The second-order valence-electron chi connectivity index (χ2n) is 5.12. The predicted octanol–water partition coefficient (Wildman–Crippen LogP) is 2.72. The average Bonchev–Trinajstić information content (AvgIpc) is 2.89. The molecule has 6 nitrogen and oxygen atoms in total. The number of anilines is 1. The molecule has 0 unspecified atom stereocenters. The Hall–Kier alpha value is -1.93. The molecule has 1 heterocycles. The van der Waals surface area contributed by atoms with Crippen LogP contribution in [0.2, 0.25) is 0 Å². The molecule has 25 heavy (non-hydrogen) atoms. The highest BCUT2D eigenvalue weighted by Gasteiger charge is 2.27. The van der Waals surface area contributed by atoms with Crippen molar-refractivity contribution >= 4 is 47.0 Å². The molecule has 1 aromatic carbocycles. The minimum absolute atomic E-state index is 0.00199. The molecule has 1 fully saturated rings. The van der Waals surface area contributed by atoms with Crippen LogP contribution in [-0.2, 0) is 19.1 Å². The molecule has 1 aliphatic heterocycles. The van der Waals surface area contributed by atoms with E-state index in [1.54, 1.807) is 23.6 Å². The quantitative estimate of drug-likeness (QED) is 0.445. The van der Waals surface area contributed by atoms with Crippen LogP contribution in [0.3, 0.4) is 0 Å². The summed E-state index contributed by atoms with van der Waals surface area (Å²) in [6, 6.07) is 7.52. The lowest BCUT2D eigenvalue weighted by Crippen LogP contribution is -2.27. The number of amides is 2. The zero-order valence-corrected chi connectivity index (χ0v) is 15.7. The van der Waals surface area contributed by atoms with Crippen molar-refractivity contribution in [2.24, 2.45) is 0 Å². The summed E-state index contributed by atoms with van der Waals surface area (Å²) in [5.41, 5.74) is 0.752. The third-order valence-corrected chi connectivity index (χ3v) is 5.21. The number of rotatable bonds is 7. The maximum Gasteiger partial charge on any atom is 0.333 e. The van der Waals surface area contributed by atoms with E-state index in [9.17, 15) is 14.4 Å². The number of ether oxygens (including phenoxy) is 1.